The molecule has 0 aromatic rings. The van der Waals surface area contributed by atoms with Gasteiger partial charge in [0.1, 0.15) is 11.2 Å². The first kappa shape index (κ1) is 20.6. The molecule has 24 heavy (non-hydrogen) atoms. The summed E-state index contributed by atoms with van der Waals surface area (Å²) in [7, 11) is 3.50. The summed E-state index contributed by atoms with van der Waals surface area (Å²) in [6.45, 7) is 11.1. The third-order valence-electron chi connectivity index (χ3n) is 4.05. The predicted molar refractivity (Wildman–Crippen MR) is 94.0 cm³/mol. The van der Waals surface area contributed by atoms with Crippen molar-refractivity contribution in [3.8, 4) is 0 Å². The molecule has 1 rings (SSSR count). The molecule has 1 aliphatic rings. The maximum Gasteiger partial charge on any atom is 0.410 e. The highest BCUT2D eigenvalue weighted by molar-refractivity contribution is 5.70. The van der Waals surface area contributed by atoms with Gasteiger partial charge in [-0.3, -0.25) is 0 Å². The van der Waals surface area contributed by atoms with Crippen molar-refractivity contribution in [1.82, 2.24) is 9.80 Å². The van der Waals surface area contributed by atoms with Gasteiger partial charge in [-0.15, -0.1) is 0 Å². The highest BCUT2D eigenvalue weighted by Crippen LogP contribution is 2.28. The minimum absolute atomic E-state index is 0.0638. The Hall–Kier alpha value is -1.46. The molecule has 6 nitrogen and oxygen atoms in total. The summed E-state index contributed by atoms with van der Waals surface area (Å²) in [5.41, 5.74) is -1.07. The minimum atomic E-state index is -0.535. The molecule has 140 valence electrons. The molecule has 1 aliphatic carbocycles. The van der Waals surface area contributed by atoms with Crippen molar-refractivity contribution in [2.45, 2.75) is 90.5 Å². The zero-order valence-corrected chi connectivity index (χ0v) is 16.5. The van der Waals surface area contributed by atoms with Crippen molar-refractivity contribution in [2.75, 3.05) is 14.1 Å². The van der Waals surface area contributed by atoms with Gasteiger partial charge < -0.3 is 19.3 Å². The van der Waals surface area contributed by atoms with Crippen molar-refractivity contribution >= 4 is 12.2 Å². The maximum atomic E-state index is 12.4. The molecule has 2 unspecified atom stereocenters. The SMILES string of the molecule is CN(C(=O)OC(C)(C)C)C1CCCCC1N(C)C(=O)OC(C)(C)C. The van der Waals surface area contributed by atoms with Gasteiger partial charge in [0, 0.05) is 14.1 Å². The highest BCUT2D eigenvalue weighted by atomic mass is 16.6. The van der Waals surface area contributed by atoms with Gasteiger partial charge in [-0.1, -0.05) is 12.8 Å². The number of likely N-dealkylation sites (N-methyl/N-ethyl adjacent to an activating group) is 2. The summed E-state index contributed by atoms with van der Waals surface area (Å²) < 4.78 is 10.9. The molecule has 0 radical (unpaired) electrons. The zero-order chi connectivity index (χ0) is 18.7. The minimum Gasteiger partial charge on any atom is -0.444 e. The largest absolute Gasteiger partial charge is 0.444 e. The highest BCUT2D eigenvalue weighted by Gasteiger charge is 2.37. The summed E-state index contributed by atoms with van der Waals surface area (Å²) in [5, 5.41) is 0. The molecule has 0 aromatic heterocycles. The van der Waals surface area contributed by atoms with Crippen molar-refractivity contribution < 1.29 is 19.1 Å². The summed E-state index contributed by atoms with van der Waals surface area (Å²) >= 11 is 0. The topological polar surface area (TPSA) is 59.1 Å². The van der Waals surface area contributed by atoms with Crippen LogP contribution in [0.1, 0.15) is 67.2 Å². The molecule has 0 heterocycles. The van der Waals surface area contributed by atoms with Gasteiger partial charge in [0.2, 0.25) is 0 Å². The number of ether oxygens (including phenoxy) is 2. The Labute approximate surface area is 146 Å². The lowest BCUT2D eigenvalue weighted by atomic mass is 9.88. The third kappa shape index (κ3) is 6.21. The fourth-order valence-corrected chi connectivity index (χ4v) is 2.93. The molecule has 2 amide bonds. The maximum absolute atomic E-state index is 12.4. The molecule has 1 saturated carbocycles. The zero-order valence-electron chi connectivity index (χ0n) is 16.5. The fourth-order valence-electron chi connectivity index (χ4n) is 2.93. The number of hydrogen-bond acceptors (Lipinski definition) is 4. The number of nitrogens with zero attached hydrogens (tertiary/aromatic N) is 2. The molecule has 0 saturated heterocycles. The first-order valence-electron chi connectivity index (χ1n) is 8.73. The Balaban J connectivity index is 2.84. The van der Waals surface area contributed by atoms with Crippen LogP contribution in [0.15, 0.2) is 0 Å². The molecule has 0 N–H and O–H groups in total. The average Bonchev–Trinajstić information content (AvgIpc) is 2.42. The van der Waals surface area contributed by atoms with Crippen molar-refractivity contribution in [3.05, 3.63) is 0 Å². The fraction of sp³-hybridized carbons (Fsp3) is 0.889. The number of carbonyl (C=O) groups is 2. The van der Waals surface area contributed by atoms with Crippen molar-refractivity contribution in [3.63, 3.8) is 0 Å². The van der Waals surface area contributed by atoms with E-state index in [1.165, 1.54) is 0 Å². The van der Waals surface area contributed by atoms with Gasteiger partial charge in [0.15, 0.2) is 0 Å². The Bertz CT molecular complexity index is 409. The van der Waals surface area contributed by atoms with Crippen LogP contribution in [0.4, 0.5) is 9.59 Å². The number of rotatable bonds is 2. The van der Waals surface area contributed by atoms with Gasteiger partial charge in [-0.2, -0.15) is 0 Å². The number of carbonyl (C=O) groups excluding carboxylic acids is 2. The van der Waals surface area contributed by atoms with E-state index >= 15 is 0 Å². The molecule has 6 heteroatoms. The summed E-state index contributed by atoms with van der Waals surface area (Å²) in [4.78, 5) is 28.1. The van der Waals surface area contributed by atoms with E-state index in [0.717, 1.165) is 25.7 Å². The Morgan fingerprint density at radius 2 is 1.04 bits per heavy atom. The van der Waals surface area contributed by atoms with Gasteiger partial charge in [-0.05, 0) is 54.4 Å². The van der Waals surface area contributed by atoms with Gasteiger partial charge in [0.25, 0.3) is 0 Å². The standard InChI is InChI=1S/C18H34N2O4/c1-17(2,3)23-15(21)19(7)13-11-9-10-12-14(13)20(8)16(22)24-18(4,5)6/h13-14H,9-12H2,1-8H3. The van der Waals surface area contributed by atoms with E-state index in [1.807, 2.05) is 41.5 Å². The van der Waals surface area contributed by atoms with E-state index in [4.69, 9.17) is 9.47 Å². The normalized spacial score (nSPS) is 21.8. The summed E-state index contributed by atoms with van der Waals surface area (Å²) in [6.07, 6.45) is 3.09. The van der Waals surface area contributed by atoms with Crippen LogP contribution in [-0.2, 0) is 9.47 Å². The predicted octanol–water partition coefficient (Wildman–Crippen LogP) is 4.03. The lowest BCUT2D eigenvalue weighted by molar-refractivity contribution is -0.00870. The van der Waals surface area contributed by atoms with Crippen LogP contribution in [-0.4, -0.2) is 59.4 Å². The van der Waals surface area contributed by atoms with Gasteiger partial charge >= 0.3 is 12.2 Å². The van der Waals surface area contributed by atoms with Crippen LogP contribution in [0.3, 0.4) is 0 Å². The summed E-state index contributed by atoms with van der Waals surface area (Å²) in [5.74, 6) is 0. The second-order valence-corrected chi connectivity index (χ2v) is 8.60. The number of amides is 2. The van der Waals surface area contributed by atoms with E-state index in [9.17, 15) is 9.59 Å². The second-order valence-electron chi connectivity index (χ2n) is 8.60. The average molecular weight is 342 g/mol. The second kappa shape index (κ2) is 7.62. The molecule has 0 bridgehead atoms. The molecular formula is C18H34N2O4. The van der Waals surface area contributed by atoms with Crippen LogP contribution in [0.25, 0.3) is 0 Å². The third-order valence-corrected chi connectivity index (χ3v) is 4.05. The number of hydrogen-bond donors (Lipinski definition) is 0. The molecular weight excluding hydrogens is 308 g/mol. The molecule has 0 spiro atoms. The monoisotopic (exact) mass is 342 g/mol. The quantitative estimate of drug-likeness (QED) is 0.760. The first-order chi connectivity index (χ1) is 10.8. The van der Waals surface area contributed by atoms with Gasteiger partial charge in [-0.25, -0.2) is 9.59 Å². The van der Waals surface area contributed by atoms with Crippen molar-refractivity contribution in [2.24, 2.45) is 0 Å². The van der Waals surface area contributed by atoms with E-state index < -0.39 is 11.2 Å². The van der Waals surface area contributed by atoms with Crippen LogP contribution >= 0.6 is 0 Å². The van der Waals surface area contributed by atoms with E-state index in [2.05, 4.69) is 0 Å². The Kier molecular flexibility index (Phi) is 6.53. The van der Waals surface area contributed by atoms with E-state index in [0.29, 0.717) is 0 Å². The van der Waals surface area contributed by atoms with Crippen LogP contribution in [0, 0.1) is 0 Å². The lowest BCUT2D eigenvalue weighted by Crippen LogP contribution is -2.55. The van der Waals surface area contributed by atoms with Gasteiger partial charge in [0.05, 0.1) is 12.1 Å². The van der Waals surface area contributed by atoms with E-state index in [-0.39, 0.29) is 24.3 Å². The molecule has 1 fully saturated rings. The van der Waals surface area contributed by atoms with E-state index in [1.54, 1.807) is 23.9 Å². The summed E-state index contributed by atoms with van der Waals surface area (Å²) in [6, 6.07) is -0.128. The van der Waals surface area contributed by atoms with Crippen LogP contribution in [0.5, 0.6) is 0 Å². The molecule has 2 atom stereocenters. The Morgan fingerprint density at radius 3 is 1.29 bits per heavy atom. The molecule has 0 aromatic carbocycles. The van der Waals surface area contributed by atoms with Crippen molar-refractivity contribution in [1.29, 1.82) is 0 Å². The molecule has 0 aliphatic heterocycles. The Morgan fingerprint density at radius 1 is 0.750 bits per heavy atom. The lowest BCUT2D eigenvalue weighted by Gasteiger charge is -2.42. The first-order valence-corrected chi connectivity index (χ1v) is 8.73. The van der Waals surface area contributed by atoms with Crippen LogP contribution in [0.2, 0.25) is 0 Å². The smallest absolute Gasteiger partial charge is 0.410 e. The van der Waals surface area contributed by atoms with Crippen LogP contribution < -0.4 is 0 Å².